The lowest BCUT2D eigenvalue weighted by atomic mass is 10.2. The Labute approximate surface area is 166 Å². The molecule has 0 unspecified atom stereocenters. The van der Waals surface area contributed by atoms with Crippen LogP contribution in [0.4, 0.5) is 5.95 Å². The third-order valence-electron chi connectivity index (χ3n) is 5.49. The van der Waals surface area contributed by atoms with Crippen LogP contribution in [0.5, 0.6) is 0 Å². The maximum absolute atomic E-state index is 12.7. The third kappa shape index (κ3) is 4.52. The maximum Gasteiger partial charge on any atom is 0.267 e. The highest BCUT2D eigenvalue weighted by Crippen LogP contribution is 2.32. The van der Waals surface area contributed by atoms with Gasteiger partial charge in [0.1, 0.15) is 5.69 Å². The van der Waals surface area contributed by atoms with Crippen LogP contribution in [0.1, 0.15) is 36.2 Å². The number of carbonyl (C=O) groups is 1. The second-order valence-corrected chi connectivity index (χ2v) is 8.23. The van der Waals surface area contributed by atoms with Crippen LogP contribution in [0.15, 0.2) is 24.7 Å². The number of anilines is 1. The average Bonchev–Trinajstić information content (AvgIpc) is 3.17. The van der Waals surface area contributed by atoms with Crippen molar-refractivity contribution in [3.63, 3.8) is 0 Å². The first-order valence-electron chi connectivity index (χ1n) is 10.3. The van der Waals surface area contributed by atoms with E-state index in [1.807, 2.05) is 32.6 Å². The molecular weight excluding hydrogens is 352 g/mol. The molecule has 0 bridgehead atoms. The lowest BCUT2D eigenvalue weighted by molar-refractivity contribution is 0.0941. The van der Waals surface area contributed by atoms with E-state index in [-0.39, 0.29) is 5.91 Å². The van der Waals surface area contributed by atoms with Crippen molar-refractivity contribution in [1.82, 2.24) is 24.8 Å². The molecule has 2 fully saturated rings. The summed E-state index contributed by atoms with van der Waals surface area (Å²) >= 11 is 0. The zero-order valence-electron chi connectivity index (χ0n) is 16.9. The molecule has 0 radical (unpaired) electrons. The minimum Gasteiger partial charge on any atom is -0.349 e. The predicted octanol–water partition coefficient (Wildman–Crippen LogP) is 2.25. The van der Waals surface area contributed by atoms with E-state index in [1.165, 1.54) is 25.7 Å². The Hall–Kier alpha value is -2.41. The quantitative estimate of drug-likeness (QED) is 0.759. The van der Waals surface area contributed by atoms with Crippen molar-refractivity contribution < 1.29 is 4.79 Å². The Morgan fingerprint density at radius 1 is 1.18 bits per heavy atom. The molecule has 2 aromatic heterocycles. The number of nitrogens with one attached hydrogen (secondary N) is 1. The summed E-state index contributed by atoms with van der Waals surface area (Å²) in [6, 6.07) is 1.97. The van der Waals surface area contributed by atoms with Crippen LogP contribution in [0.3, 0.4) is 0 Å². The molecule has 2 aliphatic rings. The van der Waals surface area contributed by atoms with E-state index in [1.54, 1.807) is 0 Å². The van der Waals surface area contributed by atoms with Crippen LogP contribution in [0.2, 0.25) is 0 Å². The standard InChI is InChI=1S/C21H30N6O/c1-25(2)10-7-22-20(28)19-11-17(15-27(19)14-16-5-6-16)18-12-23-21(24-13-18)26-8-3-4-9-26/h11-13,15-16H,3-10,14H2,1-2H3,(H,22,28). The molecule has 7 nitrogen and oxygen atoms in total. The number of hydrogen-bond acceptors (Lipinski definition) is 5. The Morgan fingerprint density at radius 3 is 2.54 bits per heavy atom. The average molecular weight is 383 g/mol. The molecule has 1 amide bonds. The minimum atomic E-state index is -0.0108. The number of carbonyl (C=O) groups excluding carboxylic acids is 1. The summed E-state index contributed by atoms with van der Waals surface area (Å²) < 4.78 is 2.10. The van der Waals surface area contributed by atoms with Gasteiger partial charge in [0, 0.05) is 62.4 Å². The van der Waals surface area contributed by atoms with Gasteiger partial charge < -0.3 is 19.7 Å². The number of rotatable bonds is 8. The zero-order valence-corrected chi connectivity index (χ0v) is 16.9. The summed E-state index contributed by atoms with van der Waals surface area (Å²) in [5, 5.41) is 3.04. The van der Waals surface area contributed by atoms with E-state index in [0.717, 1.165) is 48.9 Å². The molecule has 1 aliphatic carbocycles. The SMILES string of the molecule is CN(C)CCNC(=O)c1cc(-c2cnc(N3CCCC3)nc2)cn1CC1CC1. The molecule has 7 heteroatoms. The van der Waals surface area contributed by atoms with E-state index in [0.29, 0.717) is 12.5 Å². The molecule has 0 atom stereocenters. The van der Waals surface area contributed by atoms with Gasteiger partial charge in [-0.2, -0.15) is 0 Å². The molecule has 0 aromatic carbocycles. The summed E-state index contributed by atoms with van der Waals surface area (Å²) in [5.41, 5.74) is 2.69. The number of nitrogens with zero attached hydrogens (tertiary/aromatic N) is 5. The highest BCUT2D eigenvalue weighted by molar-refractivity contribution is 5.94. The van der Waals surface area contributed by atoms with Gasteiger partial charge in [-0.3, -0.25) is 4.79 Å². The largest absolute Gasteiger partial charge is 0.349 e. The fourth-order valence-electron chi connectivity index (χ4n) is 3.62. The van der Waals surface area contributed by atoms with Crippen LogP contribution >= 0.6 is 0 Å². The third-order valence-corrected chi connectivity index (χ3v) is 5.49. The number of hydrogen-bond donors (Lipinski definition) is 1. The van der Waals surface area contributed by atoms with Crippen LogP contribution in [-0.2, 0) is 6.54 Å². The van der Waals surface area contributed by atoms with Crippen molar-refractivity contribution in [3.05, 3.63) is 30.4 Å². The second kappa shape index (κ2) is 8.31. The van der Waals surface area contributed by atoms with Gasteiger partial charge in [0.05, 0.1) is 0 Å². The molecule has 1 N–H and O–H groups in total. The molecule has 1 saturated heterocycles. The van der Waals surface area contributed by atoms with E-state index < -0.39 is 0 Å². The normalized spacial score (nSPS) is 16.8. The number of aromatic nitrogens is 3. The van der Waals surface area contributed by atoms with Gasteiger partial charge in [-0.1, -0.05) is 0 Å². The van der Waals surface area contributed by atoms with E-state index in [2.05, 4.69) is 35.8 Å². The summed E-state index contributed by atoms with van der Waals surface area (Å²) in [5.74, 6) is 1.49. The first-order valence-corrected chi connectivity index (χ1v) is 10.3. The van der Waals surface area contributed by atoms with Gasteiger partial charge in [-0.15, -0.1) is 0 Å². The maximum atomic E-state index is 12.7. The number of amides is 1. The Morgan fingerprint density at radius 2 is 1.89 bits per heavy atom. The van der Waals surface area contributed by atoms with Gasteiger partial charge in [-0.25, -0.2) is 9.97 Å². The Balaban J connectivity index is 1.51. The monoisotopic (exact) mass is 382 g/mol. The van der Waals surface area contributed by atoms with Crippen molar-refractivity contribution in [2.24, 2.45) is 5.92 Å². The van der Waals surface area contributed by atoms with Crippen molar-refractivity contribution >= 4 is 11.9 Å². The molecule has 3 heterocycles. The van der Waals surface area contributed by atoms with Gasteiger partial charge >= 0.3 is 0 Å². The summed E-state index contributed by atoms with van der Waals surface area (Å²) in [6.07, 6.45) is 10.8. The lowest BCUT2D eigenvalue weighted by Crippen LogP contribution is -2.32. The number of likely N-dealkylation sites (N-methyl/N-ethyl adjacent to an activating group) is 1. The van der Waals surface area contributed by atoms with Gasteiger partial charge in [0.25, 0.3) is 5.91 Å². The zero-order chi connectivity index (χ0) is 19.5. The van der Waals surface area contributed by atoms with Crippen LogP contribution in [0, 0.1) is 5.92 Å². The highest BCUT2D eigenvalue weighted by atomic mass is 16.1. The van der Waals surface area contributed by atoms with E-state index in [9.17, 15) is 4.79 Å². The van der Waals surface area contributed by atoms with Crippen molar-refractivity contribution in [1.29, 1.82) is 0 Å². The summed E-state index contributed by atoms with van der Waals surface area (Å²) in [4.78, 5) is 26.2. The lowest BCUT2D eigenvalue weighted by Gasteiger charge is -2.14. The van der Waals surface area contributed by atoms with Crippen LogP contribution in [-0.4, -0.2) is 65.6 Å². The Kier molecular flexibility index (Phi) is 5.62. The first kappa shape index (κ1) is 18.9. The highest BCUT2D eigenvalue weighted by Gasteiger charge is 2.25. The van der Waals surface area contributed by atoms with Crippen LogP contribution in [0.25, 0.3) is 11.1 Å². The van der Waals surface area contributed by atoms with E-state index >= 15 is 0 Å². The van der Waals surface area contributed by atoms with Crippen molar-refractivity contribution in [3.8, 4) is 11.1 Å². The summed E-state index contributed by atoms with van der Waals surface area (Å²) in [6.45, 7) is 4.45. The molecule has 4 rings (SSSR count). The Bertz CT molecular complexity index is 803. The van der Waals surface area contributed by atoms with Crippen molar-refractivity contribution in [2.75, 3.05) is 45.2 Å². The predicted molar refractivity (Wildman–Crippen MR) is 111 cm³/mol. The summed E-state index contributed by atoms with van der Waals surface area (Å²) in [7, 11) is 4.01. The second-order valence-electron chi connectivity index (χ2n) is 8.23. The molecule has 0 spiro atoms. The molecule has 1 aliphatic heterocycles. The first-order chi connectivity index (χ1) is 13.6. The molecular formula is C21H30N6O. The topological polar surface area (TPSA) is 66.3 Å². The van der Waals surface area contributed by atoms with Gasteiger partial charge in [0.15, 0.2) is 0 Å². The fourth-order valence-corrected chi connectivity index (χ4v) is 3.62. The smallest absolute Gasteiger partial charge is 0.267 e. The molecule has 2 aromatic rings. The van der Waals surface area contributed by atoms with Gasteiger partial charge in [0.2, 0.25) is 5.95 Å². The molecule has 1 saturated carbocycles. The van der Waals surface area contributed by atoms with Crippen molar-refractivity contribution in [2.45, 2.75) is 32.2 Å². The minimum absolute atomic E-state index is 0.0108. The van der Waals surface area contributed by atoms with Crippen LogP contribution < -0.4 is 10.2 Å². The van der Waals surface area contributed by atoms with E-state index in [4.69, 9.17) is 0 Å². The van der Waals surface area contributed by atoms with Gasteiger partial charge in [-0.05, 0) is 51.8 Å². The molecule has 150 valence electrons. The molecule has 28 heavy (non-hydrogen) atoms. The fraction of sp³-hybridized carbons (Fsp3) is 0.571.